The van der Waals surface area contributed by atoms with Crippen molar-refractivity contribution in [2.45, 2.75) is 13.8 Å². The Morgan fingerprint density at radius 1 is 1.08 bits per heavy atom. The van der Waals surface area contributed by atoms with Crippen molar-refractivity contribution in [3.8, 4) is 0 Å². The number of nitrogens with zero attached hydrogens (tertiary/aromatic N) is 2. The van der Waals surface area contributed by atoms with E-state index in [1.807, 2.05) is 49.4 Å². The van der Waals surface area contributed by atoms with Crippen molar-refractivity contribution < 1.29 is 0 Å². The standard InChI is InChI=1S/C20H18ClN3/c1-14-6-8-16(9-7-14)13-23-22-11-10-18-12-17-5-3-4-15(2)19(17)24-20(18)21/h3-13,22H,1-2H3/b11-10+,23-13-. The molecule has 0 unspecified atom stereocenters. The second-order valence-corrected chi connectivity index (χ2v) is 6.00. The van der Waals surface area contributed by atoms with E-state index in [0.717, 1.165) is 27.6 Å². The van der Waals surface area contributed by atoms with E-state index in [1.54, 1.807) is 12.4 Å². The lowest BCUT2D eigenvalue weighted by Gasteiger charge is -2.04. The van der Waals surface area contributed by atoms with Crippen molar-refractivity contribution in [3.05, 3.63) is 82.1 Å². The van der Waals surface area contributed by atoms with Gasteiger partial charge in [-0.05, 0) is 37.1 Å². The van der Waals surface area contributed by atoms with Crippen LogP contribution in [0.1, 0.15) is 22.3 Å². The highest BCUT2D eigenvalue weighted by atomic mass is 35.5. The van der Waals surface area contributed by atoms with Crippen LogP contribution in [0.5, 0.6) is 0 Å². The molecule has 0 saturated heterocycles. The third-order valence-corrected chi connectivity index (χ3v) is 4.03. The third kappa shape index (κ3) is 3.81. The van der Waals surface area contributed by atoms with Gasteiger partial charge in [-0.25, -0.2) is 4.98 Å². The average molecular weight is 336 g/mol. The molecule has 0 aliphatic rings. The number of rotatable bonds is 4. The molecule has 3 nitrogen and oxygen atoms in total. The van der Waals surface area contributed by atoms with Gasteiger partial charge in [-0.15, -0.1) is 0 Å². The number of hydrogen-bond acceptors (Lipinski definition) is 3. The number of fused-ring (bicyclic) bond motifs is 1. The molecule has 1 heterocycles. The lowest BCUT2D eigenvalue weighted by Crippen LogP contribution is -1.95. The fraction of sp³-hybridized carbons (Fsp3) is 0.100. The molecule has 0 fully saturated rings. The second kappa shape index (κ2) is 7.28. The lowest BCUT2D eigenvalue weighted by atomic mass is 10.1. The SMILES string of the molecule is Cc1ccc(/C=N\N/C=C/c2cc3cccc(C)c3nc2Cl)cc1. The molecule has 120 valence electrons. The summed E-state index contributed by atoms with van der Waals surface area (Å²) in [5.41, 5.74) is 8.07. The predicted molar refractivity (Wildman–Crippen MR) is 102 cm³/mol. The molecule has 4 heteroatoms. The summed E-state index contributed by atoms with van der Waals surface area (Å²) in [4.78, 5) is 4.48. The third-order valence-electron chi connectivity index (χ3n) is 3.73. The van der Waals surface area contributed by atoms with Gasteiger partial charge in [0.1, 0.15) is 5.15 Å². The molecule has 0 radical (unpaired) electrons. The fourth-order valence-corrected chi connectivity index (χ4v) is 2.59. The van der Waals surface area contributed by atoms with Crippen molar-refractivity contribution >= 4 is 34.8 Å². The predicted octanol–water partition coefficient (Wildman–Crippen LogP) is 5.10. The Morgan fingerprint density at radius 3 is 2.67 bits per heavy atom. The van der Waals surface area contributed by atoms with Crippen LogP contribution in [0.3, 0.4) is 0 Å². The van der Waals surface area contributed by atoms with E-state index in [4.69, 9.17) is 11.6 Å². The molecule has 1 aromatic heterocycles. The Labute approximate surface area is 146 Å². The number of benzene rings is 2. The average Bonchev–Trinajstić information content (AvgIpc) is 2.57. The van der Waals surface area contributed by atoms with Crippen molar-refractivity contribution in [1.29, 1.82) is 0 Å². The van der Waals surface area contributed by atoms with Crippen LogP contribution in [0.4, 0.5) is 0 Å². The molecule has 3 aromatic rings. The van der Waals surface area contributed by atoms with Gasteiger partial charge >= 0.3 is 0 Å². The van der Waals surface area contributed by atoms with Crippen LogP contribution in [0, 0.1) is 13.8 Å². The summed E-state index contributed by atoms with van der Waals surface area (Å²) in [6.45, 7) is 4.09. The lowest BCUT2D eigenvalue weighted by molar-refractivity contribution is 0.981. The van der Waals surface area contributed by atoms with Crippen molar-refractivity contribution in [2.24, 2.45) is 5.10 Å². The first-order chi connectivity index (χ1) is 11.6. The van der Waals surface area contributed by atoms with Crippen LogP contribution in [-0.4, -0.2) is 11.2 Å². The Bertz CT molecular complexity index is 912. The highest BCUT2D eigenvalue weighted by Crippen LogP contribution is 2.23. The zero-order valence-corrected chi connectivity index (χ0v) is 14.4. The summed E-state index contributed by atoms with van der Waals surface area (Å²) in [5.74, 6) is 0. The highest BCUT2D eigenvalue weighted by molar-refractivity contribution is 6.31. The molecule has 0 atom stereocenters. The van der Waals surface area contributed by atoms with Crippen LogP contribution in [0.2, 0.25) is 5.15 Å². The zero-order valence-electron chi connectivity index (χ0n) is 13.6. The summed E-state index contributed by atoms with van der Waals surface area (Å²) in [5, 5.41) is 5.72. The van der Waals surface area contributed by atoms with E-state index in [-0.39, 0.29) is 0 Å². The minimum atomic E-state index is 0.484. The molecule has 0 saturated carbocycles. The van der Waals surface area contributed by atoms with Gasteiger partial charge in [-0.3, -0.25) is 5.43 Å². The minimum Gasteiger partial charge on any atom is -0.286 e. The smallest absolute Gasteiger partial charge is 0.137 e. The van der Waals surface area contributed by atoms with Crippen molar-refractivity contribution in [2.75, 3.05) is 0 Å². The van der Waals surface area contributed by atoms with E-state index in [2.05, 4.69) is 34.6 Å². The molecular formula is C20H18ClN3. The number of nitrogens with one attached hydrogen (secondary N) is 1. The maximum Gasteiger partial charge on any atom is 0.137 e. The number of aromatic nitrogens is 1. The molecular weight excluding hydrogens is 318 g/mol. The van der Waals surface area contributed by atoms with Crippen LogP contribution < -0.4 is 5.43 Å². The zero-order chi connectivity index (χ0) is 16.9. The molecule has 2 aromatic carbocycles. The van der Waals surface area contributed by atoms with E-state index < -0.39 is 0 Å². The van der Waals surface area contributed by atoms with E-state index >= 15 is 0 Å². The van der Waals surface area contributed by atoms with Crippen LogP contribution >= 0.6 is 11.6 Å². The molecule has 0 aliphatic heterocycles. The number of hydrogen-bond donors (Lipinski definition) is 1. The molecule has 3 rings (SSSR count). The molecule has 0 bridgehead atoms. The topological polar surface area (TPSA) is 37.3 Å². The summed E-state index contributed by atoms with van der Waals surface area (Å²) in [6.07, 6.45) is 5.38. The van der Waals surface area contributed by atoms with Gasteiger partial charge in [0.2, 0.25) is 0 Å². The van der Waals surface area contributed by atoms with Gasteiger partial charge in [0.25, 0.3) is 0 Å². The Hall–Kier alpha value is -2.65. The van der Waals surface area contributed by atoms with Gasteiger partial charge in [0.05, 0.1) is 11.7 Å². The molecule has 0 amide bonds. The van der Waals surface area contributed by atoms with E-state index in [1.165, 1.54) is 5.56 Å². The summed E-state index contributed by atoms with van der Waals surface area (Å²) in [7, 11) is 0. The van der Waals surface area contributed by atoms with Gasteiger partial charge < -0.3 is 0 Å². The van der Waals surface area contributed by atoms with Crippen molar-refractivity contribution in [1.82, 2.24) is 10.4 Å². The summed E-state index contributed by atoms with van der Waals surface area (Å²) >= 11 is 6.27. The first-order valence-corrected chi connectivity index (χ1v) is 8.09. The normalized spacial score (nSPS) is 11.6. The van der Waals surface area contributed by atoms with Gasteiger partial charge in [0.15, 0.2) is 0 Å². The summed E-state index contributed by atoms with van der Waals surface area (Å²) in [6, 6.07) is 16.3. The van der Waals surface area contributed by atoms with Crippen LogP contribution in [-0.2, 0) is 0 Å². The monoisotopic (exact) mass is 335 g/mol. The second-order valence-electron chi connectivity index (χ2n) is 5.65. The van der Waals surface area contributed by atoms with Gasteiger partial charge in [0, 0.05) is 17.1 Å². The van der Waals surface area contributed by atoms with E-state index in [0.29, 0.717) is 5.15 Å². The number of halogens is 1. The molecule has 24 heavy (non-hydrogen) atoms. The quantitative estimate of drug-likeness (QED) is 0.409. The largest absolute Gasteiger partial charge is 0.286 e. The number of hydrazone groups is 1. The van der Waals surface area contributed by atoms with Gasteiger partial charge in [-0.2, -0.15) is 5.10 Å². The van der Waals surface area contributed by atoms with Crippen molar-refractivity contribution in [3.63, 3.8) is 0 Å². The van der Waals surface area contributed by atoms with Gasteiger partial charge in [-0.1, -0.05) is 59.6 Å². The highest BCUT2D eigenvalue weighted by Gasteiger charge is 2.04. The maximum atomic E-state index is 6.27. The summed E-state index contributed by atoms with van der Waals surface area (Å²) < 4.78 is 0. The Kier molecular flexibility index (Phi) is 4.92. The first kappa shape index (κ1) is 16.2. The van der Waals surface area contributed by atoms with Crippen LogP contribution in [0.25, 0.3) is 17.0 Å². The molecule has 0 spiro atoms. The number of pyridine rings is 1. The molecule has 1 N–H and O–H groups in total. The number of para-hydroxylation sites is 1. The maximum absolute atomic E-state index is 6.27. The molecule has 0 aliphatic carbocycles. The minimum absolute atomic E-state index is 0.484. The number of aryl methyl sites for hydroxylation is 2. The Balaban J connectivity index is 1.71. The first-order valence-electron chi connectivity index (χ1n) is 7.71. The fourth-order valence-electron chi connectivity index (χ4n) is 2.39. The van der Waals surface area contributed by atoms with E-state index in [9.17, 15) is 0 Å². The van der Waals surface area contributed by atoms with Crippen LogP contribution in [0.15, 0.2) is 59.8 Å². The Morgan fingerprint density at radius 2 is 1.88 bits per heavy atom.